The summed E-state index contributed by atoms with van der Waals surface area (Å²) >= 11 is 6.05. The molecule has 1 N–H and O–H groups in total. The highest BCUT2D eigenvalue weighted by molar-refractivity contribution is 6.31. The van der Waals surface area contributed by atoms with Crippen molar-refractivity contribution >= 4 is 17.5 Å². The van der Waals surface area contributed by atoms with Gasteiger partial charge >= 0.3 is 0 Å². The van der Waals surface area contributed by atoms with Crippen LogP contribution >= 0.6 is 11.6 Å². The van der Waals surface area contributed by atoms with Gasteiger partial charge in [0.15, 0.2) is 0 Å². The first-order chi connectivity index (χ1) is 8.67. The standard InChI is InChI=1S/C15H22ClNO/c1-3-12(4-2)11-17-15(18)10-9-13-7-5-6-8-14(13)16/h5-8,12H,3-4,9-11H2,1-2H3,(H,17,18). The molecule has 0 bridgehead atoms. The van der Waals surface area contributed by atoms with E-state index in [9.17, 15) is 4.79 Å². The Balaban J connectivity index is 2.31. The van der Waals surface area contributed by atoms with Crippen LogP contribution in [0.4, 0.5) is 0 Å². The van der Waals surface area contributed by atoms with E-state index in [-0.39, 0.29) is 5.91 Å². The lowest BCUT2D eigenvalue weighted by atomic mass is 10.0. The minimum Gasteiger partial charge on any atom is -0.356 e. The van der Waals surface area contributed by atoms with E-state index in [1.807, 2.05) is 24.3 Å². The second-order valence-electron chi connectivity index (χ2n) is 4.58. The summed E-state index contributed by atoms with van der Waals surface area (Å²) in [6.07, 6.45) is 3.43. The maximum Gasteiger partial charge on any atom is 0.220 e. The van der Waals surface area contributed by atoms with Gasteiger partial charge in [-0.3, -0.25) is 4.79 Å². The van der Waals surface area contributed by atoms with Crippen LogP contribution in [-0.4, -0.2) is 12.5 Å². The normalized spacial score (nSPS) is 10.7. The first-order valence-electron chi connectivity index (χ1n) is 6.67. The average molecular weight is 268 g/mol. The third kappa shape index (κ3) is 5.09. The zero-order valence-corrected chi connectivity index (χ0v) is 12.0. The Bertz CT molecular complexity index is 375. The van der Waals surface area contributed by atoms with Crippen molar-refractivity contribution in [1.82, 2.24) is 5.32 Å². The molecule has 2 nitrogen and oxygen atoms in total. The Hall–Kier alpha value is -1.02. The smallest absolute Gasteiger partial charge is 0.220 e. The van der Waals surface area contributed by atoms with Gasteiger partial charge in [-0.1, -0.05) is 56.5 Å². The Kier molecular flexibility index (Phi) is 6.81. The van der Waals surface area contributed by atoms with Crippen molar-refractivity contribution in [2.24, 2.45) is 5.92 Å². The summed E-state index contributed by atoms with van der Waals surface area (Å²) in [5.41, 5.74) is 1.04. The molecule has 0 fully saturated rings. The quantitative estimate of drug-likeness (QED) is 0.799. The maximum absolute atomic E-state index is 11.7. The van der Waals surface area contributed by atoms with Crippen LogP contribution in [0.1, 0.15) is 38.7 Å². The van der Waals surface area contributed by atoms with Crippen LogP contribution in [0.15, 0.2) is 24.3 Å². The molecule has 0 heterocycles. The zero-order chi connectivity index (χ0) is 13.4. The summed E-state index contributed by atoms with van der Waals surface area (Å²) in [5, 5.41) is 3.73. The molecule has 0 saturated carbocycles. The fourth-order valence-corrected chi connectivity index (χ4v) is 2.10. The number of hydrogen-bond acceptors (Lipinski definition) is 1. The van der Waals surface area contributed by atoms with Gasteiger partial charge in [-0.25, -0.2) is 0 Å². The third-order valence-corrected chi connectivity index (χ3v) is 3.69. The molecule has 100 valence electrons. The third-order valence-electron chi connectivity index (χ3n) is 3.32. The number of hydrogen-bond donors (Lipinski definition) is 1. The molecule has 0 saturated heterocycles. The summed E-state index contributed by atoms with van der Waals surface area (Å²) in [6.45, 7) is 5.10. The predicted octanol–water partition coefficient (Wildman–Crippen LogP) is 3.83. The van der Waals surface area contributed by atoms with Crippen molar-refractivity contribution in [2.45, 2.75) is 39.5 Å². The van der Waals surface area contributed by atoms with Crippen LogP contribution in [-0.2, 0) is 11.2 Å². The van der Waals surface area contributed by atoms with E-state index in [2.05, 4.69) is 19.2 Å². The molecule has 1 aromatic rings. The van der Waals surface area contributed by atoms with E-state index < -0.39 is 0 Å². The van der Waals surface area contributed by atoms with Crippen molar-refractivity contribution in [3.63, 3.8) is 0 Å². The molecular weight excluding hydrogens is 246 g/mol. The number of halogens is 1. The summed E-state index contributed by atoms with van der Waals surface area (Å²) < 4.78 is 0. The number of nitrogens with one attached hydrogen (secondary N) is 1. The monoisotopic (exact) mass is 267 g/mol. The lowest BCUT2D eigenvalue weighted by Gasteiger charge is -2.13. The van der Waals surface area contributed by atoms with Gasteiger partial charge in [0.2, 0.25) is 5.91 Å². The van der Waals surface area contributed by atoms with Crippen molar-refractivity contribution in [3.8, 4) is 0 Å². The van der Waals surface area contributed by atoms with Gasteiger partial charge in [0.25, 0.3) is 0 Å². The van der Waals surface area contributed by atoms with Crippen LogP contribution < -0.4 is 5.32 Å². The van der Waals surface area contributed by atoms with Gasteiger partial charge < -0.3 is 5.32 Å². The Labute approximate surface area is 115 Å². The number of benzene rings is 1. The second kappa shape index (κ2) is 8.15. The second-order valence-corrected chi connectivity index (χ2v) is 4.99. The highest BCUT2D eigenvalue weighted by Crippen LogP contribution is 2.16. The first-order valence-corrected chi connectivity index (χ1v) is 7.05. The average Bonchev–Trinajstić information content (AvgIpc) is 2.39. The first kappa shape index (κ1) is 15.0. The molecule has 0 aliphatic heterocycles. The summed E-state index contributed by atoms with van der Waals surface area (Å²) in [7, 11) is 0. The van der Waals surface area contributed by atoms with Gasteiger partial charge in [0.05, 0.1) is 0 Å². The van der Waals surface area contributed by atoms with E-state index in [0.717, 1.165) is 30.0 Å². The molecule has 1 rings (SSSR count). The van der Waals surface area contributed by atoms with E-state index in [1.54, 1.807) is 0 Å². The predicted molar refractivity (Wildman–Crippen MR) is 76.9 cm³/mol. The number of carbonyl (C=O) groups excluding carboxylic acids is 1. The molecule has 0 aliphatic rings. The summed E-state index contributed by atoms with van der Waals surface area (Å²) in [4.78, 5) is 11.7. The number of aryl methyl sites for hydroxylation is 1. The summed E-state index contributed by atoms with van der Waals surface area (Å²) in [6, 6.07) is 7.68. The molecule has 0 spiro atoms. The number of carbonyl (C=O) groups is 1. The van der Waals surface area contributed by atoms with Crippen molar-refractivity contribution < 1.29 is 4.79 Å². The van der Waals surface area contributed by atoms with Crippen molar-refractivity contribution in [1.29, 1.82) is 0 Å². The van der Waals surface area contributed by atoms with Crippen LogP contribution in [0.3, 0.4) is 0 Å². The lowest BCUT2D eigenvalue weighted by Crippen LogP contribution is -2.29. The molecule has 0 aromatic heterocycles. The Morgan fingerprint density at radius 2 is 1.94 bits per heavy atom. The van der Waals surface area contributed by atoms with E-state index in [4.69, 9.17) is 11.6 Å². The minimum absolute atomic E-state index is 0.113. The van der Waals surface area contributed by atoms with Gasteiger partial charge in [0.1, 0.15) is 0 Å². The summed E-state index contributed by atoms with van der Waals surface area (Å²) in [5.74, 6) is 0.705. The Morgan fingerprint density at radius 1 is 1.28 bits per heavy atom. The van der Waals surface area contributed by atoms with E-state index >= 15 is 0 Å². The fraction of sp³-hybridized carbons (Fsp3) is 0.533. The highest BCUT2D eigenvalue weighted by Gasteiger charge is 2.07. The molecule has 18 heavy (non-hydrogen) atoms. The van der Waals surface area contributed by atoms with Crippen LogP contribution in [0.2, 0.25) is 5.02 Å². The topological polar surface area (TPSA) is 29.1 Å². The maximum atomic E-state index is 11.7. The van der Waals surface area contributed by atoms with Crippen LogP contribution in [0, 0.1) is 5.92 Å². The molecule has 0 aliphatic carbocycles. The van der Waals surface area contributed by atoms with E-state index in [0.29, 0.717) is 18.8 Å². The van der Waals surface area contributed by atoms with Crippen LogP contribution in [0.5, 0.6) is 0 Å². The number of rotatable bonds is 7. The number of amides is 1. The molecule has 3 heteroatoms. The molecule has 1 amide bonds. The molecule has 0 radical (unpaired) electrons. The van der Waals surface area contributed by atoms with Crippen LogP contribution in [0.25, 0.3) is 0 Å². The van der Waals surface area contributed by atoms with E-state index in [1.165, 1.54) is 0 Å². The lowest BCUT2D eigenvalue weighted by molar-refractivity contribution is -0.121. The highest BCUT2D eigenvalue weighted by atomic mass is 35.5. The van der Waals surface area contributed by atoms with Gasteiger partial charge in [0, 0.05) is 18.0 Å². The zero-order valence-electron chi connectivity index (χ0n) is 11.2. The Morgan fingerprint density at radius 3 is 2.56 bits per heavy atom. The van der Waals surface area contributed by atoms with Gasteiger partial charge in [-0.2, -0.15) is 0 Å². The fourth-order valence-electron chi connectivity index (χ4n) is 1.87. The van der Waals surface area contributed by atoms with Gasteiger partial charge in [-0.15, -0.1) is 0 Å². The molecule has 0 atom stereocenters. The molecule has 0 unspecified atom stereocenters. The molecular formula is C15H22ClNO. The SMILES string of the molecule is CCC(CC)CNC(=O)CCc1ccccc1Cl. The van der Waals surface area contributed by atoms with Gasteiger partial charge in [-0.05, 0) is 24.0 Å². The molecule has 1 aromatic carbocycles. The largest absolute Gasteiger partial charge is 0.356 e. The van der Waals surface area contributed by atoms with Crippen molar-refractivity contribution in [2.75, 3.05) is 6.54 Å². The van der Waals surface area contributed by atoms with Crippen molar-refractivity contribution in [3.05, 3.63) is 34.9 Å². The minimum atomic E-state index is 0.113.